The lowest BCUT2D eigenvalue weighted by Gasteiger charge is -2.15. The maximum Gasteiger partial charge on any atom is 0.119 e. The van der Waals surface area contributed by atoms with Gasteiger partial charge in [-0.15, -0.1) is 0 Å². The van der Waals surface area contributed by atoms with E-state index in [-0.39, 0.29) is 0 Å². The van der Waals surface area contributed by atoms with Crippen LogP contribution in [0.3, 0.4) is 0 Å². The predicted molar refractivity (Wildman–Crippen MR) is 73.6 cm³/mol. The lowest BCUT2D eigenvalue weighted by molar-refractivity contribution is 0.177. The Hall–Kier alpha value is -0.580. The lowest BCUT2D eigenvalue weighted by atomic mass is 10.1. The number of benzene rings is 1. The molecular weight excluding hydrogens is 282 g/mol. The Morgan fingerprint density at radius 2 is 1.82 bits per heavy atom. The molecule has 4 heteroatoms. The Morgan fingerprint density at radius 3 is 2.41 bits per heavy atom. The van der Waals surface area contributed by atoms with Crippen LogP contribution in [0.25, 0.3) is 0 Å². The molecule has 1 aromatic carbocycles. The summed E-state index contributed by atoms with van der Waals surface area (Å²) in [5.41, 5.74) is 0. The first-order chi connectivity index (χ1) is 8.26. The summed E-state index contributed by atoms with van der Waals surface area (Å²) < 4.78 is 11.8. The van der Waals surface area contributed by atoms with Gasteiger partial charge < -0.3 is 14.8 Å². The molecule has 0 radical (unpaired) electrons. The molecule has 1 atom stereocenters. The number of nitrogens with one attached hydrogen (secondary N) is 1. The first-order valence-electron chi connectivity index (χ1n) is 5.81. The van der Waals surface area contributed by atoms with E-state index in [9.17, 15) is 0 Å². The van der Waals surface area contributed by atoms with Crippen LogP contribution in [0, 0.1) is 0 Å². The first-order valence-corrected chi connectivity index (χ1v) is 6.60. The minimum Gasteiger partial charge on any atom is -0.494 e. The van der Waals surface area contributed by atoms with Gasteiger partial charge in [0.05, 0.1) is 6.61 Å². The highest BCUT2D eigenvalue weighted by Crippen LogP contribution is 2.16. The normalized spacial score (nSPS) is 12.4. The van der Waals surface area contributed by atoms with Gasteiger partial charge in [-0.1, -0.05) is 15.9 Å². The molecule has 0 fully saturated rings. The third kappa shape index (κ3) is 6.05. The van der Waals surface area contributed by atoms with E-state index < -0.39 is 0 Å². The summed E-state index contributed by atoms with van der Waals surface area (Å²) in [4.78, 5) is 0. The molecule has 1 rings (SSSR count). The van der Waals surface area contributed by atoms with Crippen molar-refractivity contribution in [2.75, 3.05) is 27.4 Å². The van der Waals surface area contributed by atoms with Gasteiger partial charge in [0.25, 0.3) is 0 Å². The van der Waals surface area contributed by atoms with Crippen LogP contribution in [0.4, 0.5) is 0 Å². The minimum atomic E-state index is 0.449. The van der Waals surface area contributed by atoms with Crippen molar-refractivity contribution in [2.45, 2.75) is 18.9 Å². The SMILES string of the molecule is CNC(CCOC)CCOc1ccc(Br)cc1. The summed E-state index contributed by atoms with van der Waals surface area (Å²) in [7, 11) is 3.70. The fourth-order valence-electron chi connectivity index (χ4n) is 1.54. The minimum absolute atomic E-state index is 0.449. The molecule has 0 aliphatic carbocycles. The highest BCUT2D eigenvalue weighted by molar-refractivity contribution is 9.10. The van der Waals surface area contributed by atoms with E-state index in [0.29, 0.717) is 6.04 Å². The summed E-state index contributed by atoms with van der Waals surface area (Å²) in [5, 5.41) is 3.26. The number of hydrogen-bond acceptors (Lipinski definition) is 3. The zero-order chi connectivity index (χ0) is 12.5. The van der Waals surface area contributed by atoms with Gasteiger partial charge in [0.2, 0.25) is 0 Å². The largest absolute Gasteiger partial charge is 0.494 e. The molecule has 0 aliphatic rings. The van der Waals surface area contributed by atoms with E-state index in [1.807, 2.05) is 31.3 Å². The molecular formula is C13H20BrNO2. The van der Waals surface area contributed by atoms with Crippen LogP contribution in [-0.2, 0) is 4.74 Å². The van der Waals surface area contributed by atoms with Gasteiger partial charge in [-0.05, 0) is 44.2 Å². The highest BCUT2D eigenvalue weighted by Gasteiger charge is 2.05. The summed E-state index contributed by atoms with van der Waals surface area (Å²) in [6.45, 7) is 1.50. The van der Waals surface area contributed by atoms with Gasteiger partial charge in [0, 0.05) is 24.2 Å². The lowest BCUT2D eigenvalue weighted by Crippen LogP contribution is -2.28. The van der Waals surface area contributed by atoms with E-state index in [2.05, 4.69) is 21.2 Å². The number of methoxy groups -OCH3 is 1. The fourth-order valence-corrected chi connectivity index (χ4v) is 1.81. The second-order valence-electron chi connectivity index (χ2n) is 3.86. The molecule has 0 spiro atoms. The Labute approximate surface area is 112 Å². The van der Waals surface area contributed by atoms with Gasteiger partial charge in [-0.25, -0.2) is 0 Å². The Kier molecular flexibility index (Phi) is 7.24. The summed E-state index contributed by atoms with van der Waals surface area (Å²) in [5.74, 6) is 0.912. The van der Waals surface area contributed by atoms with Crippen LogP contribution in [0.5, 0.6) is 5.75 Å². The maximum atomic E-state index is 5.67. The van der Waals surface area contributed by atoms with Crippen molar-refractivity contribution < 1.29 is 9.47 Å². The molecule has 0 saturated carbocycles. The second kappa shape index (κ2) is 8.50. The molecule has 0 aromatic heterocycles. The number of ether oxygens (including phenoxy) is 2. The van der Waals surface area contributed by atoms with E-state index in [4.69, 9.17) is 9.47 Å². The van der Waals surface area contributed by atoms with Crippen molar-refractivity contribution in [3.8, 4) is 5.75 Å². The van der Waals surface area contributed by atoms with Crippen molar-refractivity contribution in [1.29, 1.82) is 0 Å². The number of halogens is 1. The van der Waals surface area contributed by atoms with Gasteiger partial charge in [-0.3, -0.25) is 0 Å². The molecule has 17 heavy (non-hydrogen) atoms. The topological polar surface area (TPSA) is 30.5 Å². The van der Waals surface area contributed by atoms with Crippen molar-refractivity contribution in [3.63, 3.8) is 0 Å². The third-order valence-electron chi connectivity index (χ3n) is 2.63. The van der Waals surface area contributed by atoms with Crippen LogP contribution in [-0.4, -0.2) is 33.4 Å². The summed E-state index contributed by atoms with van der Waals surface area (Å²) in [6.07, 6.45) is 1.99. The third-order valence-corrected chi connectivity index (χ3v) is 3.16. The average Bonchev–Trinajstić information content (AvgIpc) is 2.36. The van der Waals surface area contributed by atoms with Crippen LogP contribution in [0.2, 0.25) is 0 Å². The zero-order valence-corrected chi connectivity index (χ0v) is 12.0. The number of hydrogen-bond donors (Lipinski definition) is 1. The molecule has 0 bridgehead atoms. The van der Waals surface area contributed by atoms with Gasteiger partial charge in [0.1, 0.15) is 5.75 Å². The van der Waals surface area contributed by atoms with Gasteiger partial charge in [0.15, 0.2) is 0 Å². The maximum absolute atomic E-state index is 5.67. The number of rotatable bonds is 8. The first kappa shape index (κ1) is 14.5. The van der Waals surface area contributed by atoms with Crippen LogP contribution in [0.15, 0.2) is 28.7 Å². The quantitative estimate of drug-likeness (QED) is 0.801. The van der Waals surface area contributed by atoms with Gasteiger partial charge >= 0.3 is 0 Å². The Morgan fingerprint density at radius 1 is 1.18 bits per heavy atom. The van der Waals surface area contributed by atoms with Gasteiger partial charge in [-0.2, -0.15) is 0 Å². The van der Waals surface area contributed by atoms with Crippen LogP contribution < -0.4 is 10.1 Å². The molecule has 0 amide bonds. The van der Waals surface area contributed by atoms with E-state index >= 15 is 0 Å². The predicted octanol–water partition coefficient (Wildman–Crippen LogP) is 2.84. The average molecular weight is 302 g/mol. The standard InChI is InChI=1S/C13H20BrNO2/c1-15-12(7-9-16-2)8-10-17-13-5-3-11(14)4-6-13/h3-6,12,15H,7-10H2,1-2H3. The Balaban J connectivity index is 2.23. The Bertz CT molecular complexity index is 303. The monoisotopic (exact) mass is 301 g/mol. The zero-order valence-electron chi connectivity index (χ0n) is 10.4. The van der Waals surface area contributed by atoms with Crippen molar-refractivity contribution >= 4 is 15.9 Å². The molecule has 1 aromatic rings. The summed E-state index contributed by atoms with van der Waals surface area (Å²) in [6, 6.07) is 8.35. The van der Waals surface area contributed by atoms with Crippen molar-refractivity contribution in [2.24, 2.45) is 0 Å². The van der Waals surface area contributed by atoms with E-state index in [1.165, 1.54) is 0 Å². The van der Waals surface area contributed by atoms with E-state index in [0.717, 1.165) is 36.3 Å². The molecule has 1 unspecified atom stereocenters. The molecule has 0 saturated heterocycles. The van der Waals surface area contributed by atoms with Crippen LogP contribution >= 0.6 is 15.9 Å². The molecule has 0 aliphatic heterocycles. The molecule has 96 valence electrons. The smallest absolute Gasteiger partial charge is 0.119 e. The summed E-state index contributed by atoms with van der Waals surface area (Å²) >= 11 is 3.40. The molecule has 1 N–H and O–H groups in total. The second-order valence-corrected chi connectivity index (χ2v) is 4.77. The van der Waals surface area contributed by atoms with Crippen LogP contribution in [0.1, 0.15) is 12.8 Å². The molecule has 0 heterocycles. The molecule has 3 nitrogen and oxygen atoms in total. The van der Waals surface area contributed by atoms with E-state index in [1.54, 1.807) is 7.11 Å². The fraction of sp³-hybridized carbons (Fsp3) is 0.538. The highest BCUT2D eigenvalue weighted by atomic mass is 79.9. The van der Waals surface area contributed by atoms with Crippen molar-refractivity contribution in [1.82, 2.24) is 5.32 Å². The van der Waals surface area contributed by atoms with Crippen molar-refractivity contribution in [3.05, 3.63) is 28.7 Å².